The van der Waals surface area contributed by atoms with Gasteiger partial charge in [-0.2, -0.15) is 0 Å². The zero-order chi connectivity index (χ0) is 14.7. The highest BCUT2D eigenvalue weighted by atomic mass is 35.5. The molecule has 0 radical (unpaired) electrons. The van der Waals surface area contributed by atoms with Crippen LogP contribution in [-0.2, 0) is 4.74 Å². The van der Waals surface area contributed by atoms with Gasteiger partial charge in [0, 0.05) is 10.7 Å². The third-order valence-corrected chi connectivity index (χ3v) is 3.03. The topological polar surface area (TPSA) is 61.5 Å². The summed E-state index contributed by atoms with van der Waals surface area (Å²) >= 11 is 5.90. The number of carbonyl (C=O) groups excluding carboxylic acids is 1. The van der Waals surface area contributed by atoms with E-state index in [2.05, 4.69) is 0 Å². The van der Waals surface area contributed by atoms with Gasteiger partial charge in [0.2, 0.25) is 0 Å². The second-order valence-corrected chi connectivity index (χ2v) is 4.69. The first kappa shape index (κ1) is 14.2. The first-order chi connectivity index (χ1) is 9.51. The van der Waals surface area contributed by atoms with Crippen LogP contribution >= 0.6 is 11.6 Å². The number of rotatable bonds is 3. The lowest BCUT2D eigenvalue weighted by molar-refractivity contribution is 0.0601. The summed E-state index contributed by atoms with van der Waals surface area (Å²) < 4.78 is 10.4. The van der Waals surface area contributed by atoms with Crippen molar-refractivity contribution in [3.8, 4) is 11.5 Å². The van der Waals surface area contributed by atoms with E-state index in [0.29, 0.717) is 22.2 Å². The molecule has 0 aliphatic heterocycles. The molecule has 0 saturated heterocycles. The molecule has 0 aromatic heterocycles. The number of methoxy groups -OCH3 is 1. The number of hydrogen-bond donors (Lipinski definition) is 1. The Morgan fingerprint density at radius 3 is 2.60 bits per heavy atom. The molecule has 20 heavy (non-hydrogen) atoms. The van der Waals surface area contributed by atoms with Crippen molar-refractivity contribution in [1.82, 2.24) is 0 Å². The molecule has 2 aromatic rings. The Morgan fingerprint density at radius 1 is 1.20 bits per heavy atom. The lowest BCUT2D eigenvalue weighted by Crippen LogP contribution is -2.07. The molecular weight excluding hydrogens is 278 g/mol. The number of carbonyl (C=O) groups is 1. The fourth-order valence-corrected chi connectivity index (χ4v) is 1.95. The fraction of sp³-hybridized carbons (Fsp3) is 0.133. The maximum absolute atomic E-state index is 11.7. The molecule has 0 fully saturated rings. The Morgan fingerprint density at radius 2 is 1.95 bits per heavy atom. The van der Waals surface area contributed by atoms with Crippen LogP contribution in [0.15, 0.2) is 36.4 Å². The summed E-state index contributed by atoms with van der Waals surface area (Å²) in [5.41, 5.74) is 7.28. The molecule has 5 heteroatoms. The van der Waals surface area contributed by atoms with E-state index < -0.39 is 5.97 Å². The van der Waals surface area contributed by atoms with Crippen molar-refractivity contribution in [2.24, 2.45) is 0 Å². The summed E-state index contributed by atoms with van der Waals surface area (Å²) in [6, 6.07) is 10.3. The van der Waals surface area contributed by atoms with Crippen molar-refractivity contribution in [3.63, 3.8) is 0 Å². The van der Waals surface area contributed by atoms with Gasteiger partial charge in [-0.05, 0) is 42.8 Å². The maximum Gasteiger partial charge on any atom is 0.340 e. The van der Waals surface area contributed by atoms with Crippen LogP contribution in [0.5, 0.6) is 11.5 Å². The number of benzene rings is 2. The minimum atomic E-state index is -0.498. The Labute approximate surface area is 122 Å². The van der Waals surface area contributed by atoms with Crippen LogP contribution in [-0.4, -0.2) is 13.1 Å². The number of anilines is 1. The lowest BCUT2D eigenvalue weighted by Gasteiger charge is -2.11. The predicted octanol–water partition coefficient (Wildman–Crippen LogP) is 3.81. The number of esters is 1. The molecule has 0 aliphatic carbocycles. The smallest absolute Gasteiger partial charge is 0.340 e. The number of nitrogens with two attached hydrogens (primary N) is 1. The molecule has 2 rings (SSSR count). The molecule has 0 spiro atoms. The molecule has 0 amide bonds. The quantitative estimate of drug-likeness (QED) is 0.690. The summed E-state index contributed by atoms with van der Waals surface area (Å²) in [6.07, 6.45) is 0. The molecule has 0 heterocycles. The Hall–Kier alpha value is -2.20. The fourth-order valence-electron chi connectivity index (χ4n) is 1.77. The van der Waals surface area contributed by atoms with Gasteiger partial charge in [-0.15, -0.1) is 0 Å². The van der Waals surface area contributed by atoms with E-state index in [0.717, 1.165) is 5.56 Å². The van der Waals surface area contributed by atoms with Crippen LogP contribution in [0.4, 0.5) is 5.69 Å². The van der Waals surface area contributed by atoms with Crippen LogP contribution in [0.2, 0.25) is 5.02 Å². The van der Waals surface area contributed by atoms with Crippen molar-refractivity contribution >= 4 is 23.3 Å². The van der Waals surface area contributed by atoms with Crippen molar-refractivity contribution in [2.75, 3.05) is 12.8 Å². The van der Waals surface area contributed by atoms with E-state index in [4.69, 9.17) is 26.8 Å². The predicted molar refractivity (Wildman–Crippen MR) is 78.5 cm³/mol. The zero-order valence-corrected chi connectivity index (χ0v) is 11.9. The van der Waals surface area contributed by atoms with E-state index in [1.807, 2.05) is 0 Å². The van der Waals surface area contributed by atoms with Crippen molar-refractivity contribution in [3.05, 3.63) is 52.5 Å². The van der Waals surface area contributed by atoms with Crippen LogP contribution < -0.4 is 10.5 Å². The number of nitrogen functional groups attached to an aromatic ring is 1. The van der Waals surface area contributed by atoms with Gasteiger partial charge in [0.1, 0.15) is 11.5 Å². The Balaban J connectivity index is 2.38. The summed E-state index contributed by atoms with van der Waals surface area (Å²) in [4.78, 5) is 11.7. The Bertz CT molecular complexity index is 656. The molecule has 2 aromatic carbocycles. The van der Waals surface area contributed by atoms with Gasteiger partial charge in [-0.3, -0.25) is 0 Å². The summed E-state index contributed by atoms with van der Waals surface area (Å²) in [5.74, 6) is 0.582. The van der Waals surface area contributed by atoms with E-state index >= 15 is 0 Å². The van der Waals surface area contributed by atoms with Gasteiger partial charge < -0.3 is 15.2 Å². The molecule has 2 N–H and O–H groups in total. The highest BCUT2D eigenvalue weighted by molar-refractivity contribution is 6.30. The molecule has 0 atom stereocenters. The standard InChI is InChI=1S/C15H14ClNO3/c1-9-6-12(8-13(14(9)17)15(18)19-2)20-11-5-3-4-10(16)7-11/h3-8H,17H2,1-2H3. The van der Waals surface area contributed by atoms with Gasteiger partial charge in [0.05, 0.1) is 12.7 Å². The second kappa shape index (κ2) is 5.84. The Kier molecular flexibility index (Phi) is 4.15. The van der Waals surface area contributed by atoms with E-state index in [1.165, 1.54) is 7.11 Å². The molecule has 4 nitrogen and oxygen atoms in total. The average molecular weight is 292 g/mol. The maximum atomic E-state index is 11.7. The average Bonchev–Trinajstić information content (AvgIpc) is 2.42. The van der Waals surface area contributed by atoms with Gasteiger partial charge in [-0.25, -0.2) is 4.79 Å². The van der Waals surface area contributed by atoms with Gasteiger partial charge in [-0.1, -0.05) is 17.7 Å². The van der Waals surface area contributed by atoms with E-state index in [1.54, 1.807) is 43.3 Å². The highest BCUT2D eigenvalue weighted by Gasteiger charge is 2.14. The number of halogens is 1. The first-order valence-electron chi connectivity index (χ1n) is 5.93. The van der Waals surface area contributed by atoms with Crippen LogP contribution in [0.25, 0.3) is 0 Å². The molecule has 0 aliphatic rings. The summed E-state index contributed by atoms with van der Waals surface area (Å²) in [6.45, 7) is 1.80. The van der Waals surface area contributed by atoms with Crippen molar-refractivity contribution in [2.45, 2.75) is 6.92 Å². The monoisotopic (exact) mass is 291 g/mol. The lowest BCUT2D eigenvalue weighted by atomic mass is 10.1. The molecule has 104 valence electrons. The summed E-state index contributed by atoms with van der Waals surface area (Å²) in [7, 11) is 1.31. The summed E-state index contributed by atoms with van der Waals surface area (Å²) in [5, 5.41) is 0.572. The number of aryl methyl sites for hydroxylation is 1. The zero-order valence-electron chi connectivity index (χ0n) is 11.1. The van der Waals surface area contributed by atoms with E-state index in [9.17, 15) is 4.79 Å². The van der Waals surface area contributed by atoms with Crippen LogP contribution in [0.3, 0.4) is 0 Å². The van der Waals surface area contributed by atoms with Crippen LogP contribution in [0, 0.1) is 6.92 Å². The van der Waals surface area contributed by atoms with Gasteiger partial charge >= 0.3 is 5.97 Å². The number of hydrogen-bond acceptors (Lipinski definition) is 4. The van der Waals surface area contributed by atoms with Crippen LogP contribution in [0.1, 0.15) is 15.9 Å². The third kappa shape index (κ3) is 3.03. The normalized spacial score (nSPS) is 10.2. The minimum Gasteiger partial charge on any atom is -0.465 e. The molecule has 0 saturated carbocycles. The highest BCUT2D eigenvalue weighted by Crippen LogP contribution is 2.29. The molecule has 0 unspecified atom stereocenters. The van der Waals surface area contributed by atoms with Gasteiger partial charge in [0.25, 0.3) is 0 Å². The van der Waals surface area contributed by atoms with Gasteiger partial charge in [0.15, 0.2) is 0 Å². The SMILES string of the molecule is COC(=O)c1cc(Oc2cccc(Cl)c2)cc(C)c1N. The largest absolute Gasteiger partial charge is 0.465 e. The van der Waals surface area contributed by atoms with E-state index in [-0.39, 0.29) is 5.56 Å². The molecule has 0 bridgehead atoms. The first-order valence-corrected chi connectivity index (χ1v) is 6.31. The third-order valence-electron chi connectivity index (χ3n) is 2.80. The second-order valence-electron chi connectivity index (χ2n) is 4.25. The van der Waals surface area contributed by atoms with Crippen molar-refractivity contribution in [1.29, 1.82) is 0 Å². The van der Waals surface area contributed by atoms with Crippen molar-refractivity contribution < 1.29 is 14.3 Å². The number of ether oxygens (including phenoxy) is 2. The minimum absolute atomic E-state index is 0.282. The molecular formula is C15H14ClNO3.